The van der Waals surface area contributed by atoms with Crippen LogP contribution in [0.1, 0.15) is 6.42 Å². The monoisotopic (exact) mass is 367 g/mol. The molecule has 2 rings (SSSR count). The standard InChI is InChI=1S/C11H15BrClN3O2S/c1-15(2)9-3-4-16(7-9)19(17,18)10-5-8(12)6-14-11(10)13/h5-6,9H,3-4,7H2,1-2H3. The average molecular weight is 369 g/mol. The van der Waals surface area contributed by atoms with Crippen molar-refractivity contribution in [3.8, 4) is 0 Å². The molecular formula is C11H15BrClN3O2S. The number of halogens is 2. The van der Waals surface area contributed by atoms with Crippen molar-refractivity contribution in [3.63, 3.8) is 0 Å². The van der Waals surface area contributed by atoms with Crippen molar-refractivity contribution in [2.75, 3.05) is 27.2 Å². The van der Waals surface area contributed by atoms with Gasteiger partial charge in [0.1, 0.15) is 10.0 Å². The molecular weight excluding hydrogens is 354 g/mol. The molecule has 1 aromatic heterocycles. The van der Waals surface area contributed by atoms with Gasteiger partial charge in [-0.2, -0.15) is 4.31 Å². The maximum atomic E-state index is 12.5. The lowest BCUT2D eigenvalue weighted by molar-refractivity contribution is 0.302. The van der Waals surface area contributed by atoms with Crippen molar-refractivity contribution in [1.82, 2.24) is 14.2 Å². The Bertz CT molecular complexity index is 579. The maximum Gasteiger partial charge on any atom is 0.246 e. The third-order valence-electron chi connectivity index (χ3n) is 3.25. The van der Waals surface area contributed by atoms with Crippen LogP contribution in [0.3, 0.4) is 0 Å². The molecule has 0 amide bonds. The van der Waals surface area contributed by atoms with Gasteiger partial charge in [0.2, 0.25) is 10.0 Å². The highest BCUT2D eigenvalue weighted by Gasteiger charge is 2.34. The molecule has 0 N–H and O–H groups in total. The highest BCUT2D eigenvalue weighted by molar-refractivity contribution is 9.10. The van der Waals surface area contributed by atoms with E-state index in [1.807, 2.05) is 19.0 Å². The number of aromatic nitrogens is 1. The zero-order valence-corrected chi connectivity index (χ0v) is 13.8. The van der Waals surface area contributed by atoms with E-state index in [1.54, 1.807) is 0 Å². The van der Waals surface area contributed by atoms with Crippen LogP contribution in [0.2, 0.25) is 5.15 Å². The summed E-state index contributed by atoms with van der Waals surface area (Å²) in [6.45, 7) is 0.992. The number of sulfonamides is 1. The molecule has 8 heteroatoms. The van der Waals surface area contributed by atoms with Crippen LogP contribution in [0, 0.1) is 0 Å². The molecule has 1 atom stereocenters. The van der Waals surface area contributed by atoms with Crippen molar-refractivity contribution in [1.29, 1.82) is 0 Å². The summed E-state index contributed by atoms with van der Waals surface area (Å²) in [5.41, 5.74) is 0. The molecule has 2 heterocycles. The van der Waals surface area contributed by atoms with Crippen LogP contribution in [0.25, 0.3) is 0 Å². The van der Waals surface area contributed by atoms with E-state index in [9.17, 15) is 8.42 Å². The lowest BCUT2D eigenvalue weighted by Crippen LogP contribution is -2.34. The van der Waals surface area contributed by atoms with Gasteiger partial charge >= 0.3 is 0 Å². The molecule has 0 saturated carbocycles. The van der Waals surface area contributed by atoms with Crippen LogP contribution in [0.5, 0.6) is 0 Å². The molecule has 19 heavy (non-hydrogen) atoms. The number of nitrogens with zero attached hydrogens (tertiary/aromatic N) is 3. The van der Waals surface area contributed by atoms with E-state index in [0.29, 0.717) is 17.6 Å². The molecule has 0 aromatic carbocycles. The fourth-order valence-electron chi connectivity index (χ4n) is 2.07. The Balaban J connectivity index is 2.31. The maximum absolute atomic E-state index is 12.5. The van der Waals surface area contributed by atoms with E-state index in [1.165, 1.54) is 16.6 Å². The molecule has 1 unspecified atom stereocenters. The van der Waals surface area contributed by atoms with Gasteiger partial charge in [0, 0.05) is 29.8 Å². The second kappa shape index (κ2) is 5.65. The topological polar surface area (TPSA) is 53.5 Å². The van der Waals surface area contributed by atoms with Crippen LogP contribution in [-0.4, -0.2) is 55.8 Å². The third-order valence-corrected chi connectivity index (χ3v) is 5.97. The van der Waals surface area contributed by atoms with Crippen LogP contribution >= 0.6 is 27.5 Å². The molecule has 1 aliphatic heterocycles. The molecule has 1 fully saturated rings. The predicted octanol–water partition coefficient (Wildman–Crippen LogP) is 1.82. The summed E-state index contributed by atoms with van der Waals surface area (Å²) < 4.78 is 27.1. The molecule has 1 saturated heterocycles. The molecule has 0 radical (unpaired) electrons. The largest absolute Gasteiger partial charge is 0.305 e. The minimum absolute atomic E-state index is 0.0107. The van der Waals surface area contributed by atoms with E-state index in [0.717, 1.165) is 6.42 Å². The van der Waals surface area contributed by atoms with Crippen LogP contribution in [-0.2, 0) is 10.0 Å². The first-order valence-electron chi connectivity index (χ1n) is 5.80. The number of hydrogen-bond acceptors (Lipinski definition) is 4. The Labute approximate surface area is 126 Å². The Hall–Kier alpha value is -0.210. The van der Waals surface area contributed by atoms with E-state index >= 15 is 0 Å². The second-order valence-electron chi connectivity index (χ2n) is 4.71. The zero-order chi connectivity index (χ0) is 14.2. The van der Waals surface area contributed by atoms with Crippen LogP contribution in [0.15, 0.2) is 21.6 Å². The van der Waals surface area contributed by atoms with Gasteiger partial charge in [-0.1, -0.05) is 11.6 Å². The summed E-state index contributed by atoms with van der Waals surface area (Å²) >= 11 is 9.13. The highest BCUT2D eigenvalue weighted by atomic mass is 79.9. The summed E-state index contributed by atoms with van der Waals surface area (Å²) in [4.78, 5) is 5.97. The summed E-state index contributed by atoms with van der Waals surface area (Å²) in [6, 6.07) is 1.74. The molecule has 106 valence electrons. The van der Waals surface area contributed by atoms with Gasteiger partial charge in [-0.15, -0.1) is 0 Å². The van der Waals surface area contributed by atoms with E-state index in [4.69, 9.17) is 11.6 Å². The SMILES string of the molecule is CN(C)C1CCN(S(=O)(=O)c2cc(Br)cnc2Cl)C1. The summed E-state index contributed by atoms with van der Waals surface area (Å²) in [5, 5.41) is 0.0107. The van der Waals surface area contributed by atoms with Crippen molar-refractivity contribution in [3.05, 3.63) is 21.9 Å². The van der Waals surface area contributed by atoms with Crippen molar-refractivity contribution >= 4 is 37.6 Å². The van der Waals surface area contributed by atoms with Crippen LogP contribution in [0.4, 0.5) is 0 Å². The first-order valence-corrected chi connectivity index (χ1v) is 8.41. The van der Waals surface area contributed by atoms with Crippen molar-refractivity contribution < 1.29 is 8.42 Å². The highest BCUT2D eigenvalue weighted by Crippen LogP contribution is 2.28. The van der Waals surface area contributed by atoms with E-state index in [-0.39, 0.29) is 16.1 Å². The predicted molar refractivity (Wildman–Crippen MR) is 77.8 cm³/mol. The fourth-order valence-corrected chi connectivity index (χ4v) is 4.49. The summed E-state index contributed by atoms with van der Waals surface area (Å²) in [6.07, 6.45) is 2.30. The van der Waals surface area contributed by atoms with Crippen LogP contribution < -0.4 is 0 Å². The molecule has 0 aliphatic carbocycles. The molecule has 0 spiro atoms. The Kier molecular flexibility index (Phi) is 4.52. The van der Waals surface area contributed by atoms with Gasteiger partial charge in [0.05, 0.1) is 0 Å². The third kappa shape index (κ3) is 3.11. The molecule has 0 bridgehead atoms. The van der Waals surface area contributed by atoms with Crippen molar-refractivity contribution in [2.45, 2.75) is 17.4 Å². The number of likely N-dealkylation sites (N-methyl/N-ethyl adjacent to an activating group) is 1. The molecule has 1 aliphatic rings. The Morgan fingerprint density at radius 1 is 1.53 bits per heavy atom. The van der Waals surface area contributed by atoms with Gasteiger partial charge in [-0.25, -0.2) is 13.4 Å². The second-order valence-corrected chi connectivity index (χ2v) is 7.89. The normalized spacial score (nSPS) is 21.2. The zero-order valence-electron chi connectivity index (χ0n) is 10.7. The number of pyridine rings is 1. The van der Waals surface area contributed by atoms with E-state index in [2.05, 4.69) is 20.9 Å². The Morgan fingerprint density at radius 3 is 2.79 bits per heavy atom. The quantitative estimate of drug-likeness (QED) is 0.764. The summed E-state index contributed by atoms with van der Waals surface area (Å²) in [5.74, 6) is 0. The average Bonchev–Trinajstić information content (AvgIpc) is 2.82. The minimum Gasteiger partial charge on any atom is -0.305 e. The van der Waals surface area contributed by atoms with Gasteiger partial charge in [-0.3, -0.25) is 0 Å². The molecule has 5 nitrogen and oxygen atoms in total. The van der Waals surface area contributed by atoms with Gasteiger partial charge in [0.15, 0.2) is 0 Å². The van der Waals surface area contributed by atoms with E-state index < -0.39 is 10.0 Å². The minimum atomic E-state index is -3.58. The van der Waals surface area contributed by atoms with Crippen molar-refractivity contribution in [2.24, 2.45) is 0 Å². The lowest BCUT2D eigenvalue weighted by Gasteiger charge is -2.20. The first kappa shape index (κ1) is 15.2. The Morgan fingerprint density at radius 2 is 2.21 bits per heavy atom. The van der Waals surface area contributed by atoms with Gasteiger partial charge in [-0.05, 0) is 42.5 Å². The number of rotatable bonds is 3. The number of hydrogen-bond donors (Lipinski definition) is 0. The van der Waals surface area contributed by atoms with Gasteiger partial charge in [0.25, 0.3) is 0 Å². The first-order chi connectivity index (χ1) is 8.82. The summed E-state index contributed by atoms with van der Waals surface area (Å²) in [7, 11) is 0.330. The molecule has 1 aromatic rings. The fraction of sp³-hybridized carbons (Fsp3) is 0.545. The smallest absolute Gasteiger partial charge is 0.246 e. The lowest BCUT2D eigenvalue weighted by atomic mass is 10.2. The van der Waals surface area contributed by atoms with Gasteiger partial charge < -0.3 is 4.90 Å².